The molecule has 0 aromatic heterocycles. The number of carbonyl (C=O) groups is 1. The van der Waals surface area contributed by atoms with Gasteiger partial charge >= 0.3 is 5.97 Å². The van der Waals surface area contributed by atoms with Gasteiger partial charge < -0.3 is 4.74 Å². The van der Waals surface area contributed by atoms with Crippen molar-refractivity contribution in [3.8, 4) is 0 Å². The van der Waals surface area contributed by atoms with Crippen LogP contribution >= 0.6 is 9.24 Å². The van der Waals surface area contributed by atoms with E-state index in [2.05, 4.69) is 9.24 Å². The molecule has 0 rings (SSSR count). The normalized spacial score (nSPS) is 12.8. The van der Waals surface area contributed by atoms with E-state index in [1.807, 2.05) is 13.8 Å². The molecule has 0 aliphatic heterocycles. The van der Waals surface area contributed by atoms with Crippen molar-refractivity contribution in [2.24, 2.45) is 0 Å². The van der Waals surface area contributed by atoms with Gasteiger partial charge in [-0.3, -0.25) is 4.79 Å². The molecular formula is C6H13O2P. The number of rotatable bonds is 3. The fourth-order valence-corrected chi connectivity index (χ4v) is 0.512. The van der Waals surface area contributed by atoms with E-state index < -0.39 is 0 Å². The standard InChI is InChI=1S/C6H13O2P/c1-3-5(9)6(7)8-4-2/h5H,3-4,9H2,1-2H3. The molecule has 0 aliphatic rings. The molecule has 2 nitrogen and oxygen atoms in total. The van der Waals surface area contributed by atoms with E-state index >= 15 is 0 Å². The molecule has 0 aliphatic carbocycles. The average Bonchev–Trinajstić information content (AvgIpc) is 1.87. The van der Waals surface area contributed by atoms with Crippen LogP contribution in [0.3, 0.4) is 0 Å². The fourth-order valence-electron chi connectivity index (χ4n) is 0.416. The van der Waals surface area contributed by atoms with Crippen LogP contribution in [-0.4, -0.2) is 18.2 Å². The molecule has 0 N–H and O–H groups in total. The Morgan fingerprint density at radius 2 is 2.22 bits per heavy atom. The molecule has 2 atom stereocenters. The van der Waals surface area contributed by atoms with Gasteiger partial charge in [0.2, 0.25) is 0 Å². The minimum Gasteiger partial charge on any atom is -0.466 e. The average molecular weight is 148 g/mol. The first-order chi connectivity index (χ1) is 4.22. The van der Waals surface area contributed by atoms with E-state index in [-0.39, 0.29) is 11.6 Å². The summed E-state index contributed by atoms with van der Waals surface area (Å²) in [4.78, 5) is 10.7. The van der Waals surface area contributed by atoms with Crippen LogP contribution in [0.1, 0.15) is 20.3 Å². The second-order valence-electron chi connectivity index (χ2n) is 1.77. The van der Waals surface area contributed by atoms with E-state index in [1.54, 1.807) is 0 Å². The van der Waals surface area contributed by atoms with Crippen LogP contribution in [-0.2, 0) is 9.53 Å². The Morgan fingerprint density at radius 1 is 1.67 bits per heavy atom. The highest BCUT2D eigenvalue weighted by Crippen LogP contribution is 2.05. The lowest BCUT2D eigenvalue weighted by atomic mass is 10.3. The highest BCUT2D eigenvalue weighted by atomic mass is 31.0. The first-order valence-corrected chi connectivity index (χ1v) is 3.81. The summed E-state index contributed by atoms with van der Waals surface area (Å²) >= 11 is 0. The molecular weight excluding hydrogens is 135 g/mol. The maximum Gasteiger partial charge on any atom is 0.312 e. The minimum absolute atomic E-state index is 0.0232. The van der Waals surface area contributed by atoms with Gasteiger partial charge in [-0.05, 0) is 13.3 Å². The van der Waals surface area contributed by atoms with E-state index in [4.69, 9.17) is 4.74 Å². The molecule has 0 heterocycles. The van der Waals surface area contributed by atoms with Crippen LogP contribution in [0.15, 0.2) is 0 Å². The molecule has 0 fully saturated rings. The Kier molecular flexibility index (Phi) is 4.70. The maximum atomic E-state index is 10.7. The molecule has 9 heavy (non-hydrogen) atoms. The van der Waals surface area contributed by atoms with E-state index in [9.17, 15) is 4.79 Å². The summed E-state index contributed by atoms with van der Waals surface area (Å²) in [5.41, 5.74) is -0.0232. The molecule has 0 amide bonds. The molecule has 3 heteroatoms. The first kappa shape index (κ1) is 8.90. The van der Waals surface area contributed by atoms with E-state index in [0.29, 0.717) is 6.61 Å². The van der Waals surface area contributed by atoms with E-state index in [1.165, 1.54) is 0 Å². The molecule has 0 saturated carbocycles. The van der Waals surface area contributed by atoms with Crippen LogP contribution in [0, 0.1) is 0 Å². The Balaban J connectivity index is 3.46. The van der Waals surface area contributed by atoms with Crippen LogP contribution < -0.4 is 0 Å². The third-order valence-electron chi connectivity index (χ3n) is 1.03. The minimum atomic E-state index is -0.120. The van der Waals surface area contributed by atoms with Crippen molar-refractivity contribution < 1.29 is 9.53 Å². The van der Waals surface area contributed by atoms with Gasteiger partial charge in [0.1, 0.15) is 0 Å². The summed E-state index contributed by atoms with van der Waals surface area (Å²) in [5, 5.41) is 0. The van der Waals surface area contributed by atoms with Gasteiger partial charge in [-0.25, -0.2) is 0 Å². The van der Waals surface area contributed by atoms with Crippen LogP contribution in [0.25, 0.3) is 0 Å². The van der Waals surface area contributed by atoms with Crippen molar-refractivity contribution in [1.29, 1.82) is 0 Å². The van der Waals surface area contributed by atoms with Crippen molar-refractivity contribution in [2.75, 3.05) is 6.61 Å². The second-order valence-corrected chi connectivity index (χ2v) is 2.57. The summed E-state index contributed by atoms with van der Waals surface area (Å²) in [5.74, 6) is -0.120. The highest BCUT2D eigenvalue weighted by Gasteiger charge is 2.09. The topological polar surface area (TPSA) is 26.3 Å². The molecule has 54 valence electrons. The summed E-state index contributed by atoms with van der Waals surface area (Å²) in [7, 11) is 2.45. The SMILES string of the molecule is CCOC(=O)C(P)CC. The Labute approximate surface area is 58.2 Å². The maximum absolute atomic E-state index is 10.7. The van der Waals surface area contributed by atoms with Crippen molar-refractivity contribution >= 4 is 15.2 Å². The van der Waals surface area contributed by atoms with Crippen LogP contribution in [0.2, 0.25) is 0 Å². The van der Waals surface area contributed by atoms with Gasteiger partial charge in [0, 0.05) is 0 Å². The second kappa shape index (κ2) is 4.75. The molecule has 0 saturated heterocycles. The smallest absolute Gasteiger partial charge is 0.312 e. The predicted octanol–water partition coefficient (Wildman–Crippen LogP) is 1.20. The number of carbonyl (C=O) groups excluding carboxylic acids is 1. The number of esters is 1. The summed E-state index contributed by atoms with van der Waals surface area (Å²) in [6.45, 7) is 4.24. The summed E-state index contributed by atoms with van der Waals surface area (Å²) in [6.07, 6.45) is 0.823. The number of ether oxygens (including phenoxy) is 1. The largest absolute Gasteiger partial charge is 0.466 e. The summed E-state index contributed by atoms with van der Waals surface area (Å²) in [6, 6.07) is 0. The highest BCUT2D eigenvalue weighted by molar-refractivity contribution is 7.19. The Morgan fingerprint density at radius 3 is 2.56 bits per heavy atom. The van der Waals surface area contributed by atoms with Crippen molar-refractivity contribution in [3.63, 3.8) is 0 Å². The van der Waals surface area contributed by atoms with Crippen molar-refractivity contribution in [2.45, 2.75) is 25.9 Å². The lowest BCUT2D eigenvalue weighted by Crippen LogP contribution is -2.15. The molecule has 0 spiro atoms. The zero-order chi connectivity index (χ0) is 7.28. The van der Waals surface area contributed by atoms with Gasteiger partial charge in [0.15, 0.2) is 0 Å². The first-order valence-electron chi connectivity index (χ1n) is 3.14. The molecule has 0 aromatic rings. The monoisotopic (exact) mass is 148 g/mol. The van der Waals surface area contributed by atoms with Gasteiger partial charge in [-0.1, -0.05) is 6.92 Å². The van der Waals surface area contributed by atoms with Gasteiger partial charge in [-0.15, -0.1) is 9.24 Å². The number of hydrogen-bond donors (Lipinski definition) is 0. The zero-order valence-electron chi connectivity index (χ0n) is 5.89. The lowest BCUT2D eigenvalue weighted by Gasteiger charge is -2.05. The van der Waals surface area contributed by atoms with Gasteiger partial charge in [0.25, 0.3) is 0 Å². The van der Waals surface area contributed by atoms with Crippen molar-refractivity contribution in [3.05, 3.63) is 0 Å². The predicted molar refractivity (Wildman–Crippen MR) is 40.4 cm³/mol. The van der Waals surface area contributed by atoms with Gasteiger partial charge in [0.05, 0.1) is 12.3 Å². The Hall–Kier alpha value is -0.100. The van der Waals surface area contributed by atoms with Crippen LogP contribution in [0.5, 0.6) is 0 Å². The van der Waals surface area contributed by atoms with Crippen LogP contribution in [0.4, 0.5) is 0 Å². The van der Waals surface area contributed by atoms with Crippen molar-refractivity contribution in [1.82, 2.24) is 0 Å². The molecule has 2 unspecified atom stereocenters. The summed E-state index contributed by atoms with van der Waals surface area (Å²) < 4.78 is 4.73. The third kappa shape index (κ3) is 3.47. The Bertz CT molecular complexity index is 93.1. The zero-order valence-corrected chi connectivity index (χ0v) is 7.04. The number of hydrogen-bond acceptors (Lipinski definition) is 2. The third-order valence-corrected chi connectivity index (χ3v) is 1.77. The van der Waals surface area contributed by atoms with E-state index in [0.717, 1.165) is 6.42 Å². The molecule has 0 radical (unpaired) electrons. The van der Waals surface area contributed by atoms with Gasteiger partial charge in [-0.2, -0.15) is 0 Å². The molecule has 0 bridgehead atoms. The quantitative estimate of drug-likeness (QED) is 0.444. The lowest BCUT2D eigenvalue weighted by molar-refractivity contribution is -0.142. The fraction of sp³-hybridized carbons (Fsp3) is 0.833. The molecule has 0 aromatic carbocycles.